The topological polar surface area (TPSA) is 121 Å². The van der Waals surface area contributed by atoms with Gasteiger partial charge in [-0.15, -0.1) is 10.2 Å². The molecule has 1 N–H and O–H groups in total. The van der Waals surface area contributed by atoms with E-state index in [2.05, 4.69) is 25.2 Å². The third kappa shape index (κ3) is 4.22. The van der Waals surface area contributed by atoms with Gasteiger partial charge in [0.1, 0.15) is 5.82 Å². The number of benzene rings is 2. The largest absolute Gasteiger partial charge is 0.321 e. The molecule has 0 aliphatic carbocycles. The summed E-state index contributed by atoms with van der Waals surface area (Å²) in [6.45, 7) is 0.897. The number of carbonyl (C=O) groups excluding carboxylic acids is 1. The summed E-state index contributed by atoms with van der Waals surface area (Å²) in [5, 5.41) is 26.7. The fraction of sp³-hybridized carbons (Fsp3) is 0.217. The summed E-state index contributed by atoms with van der Waals surface area (Å²) >= 11 is 0. The maximum atomic E-state index is 12.8. The zero-order valence-electron chi connectivity index (χ0n) is 17.7. The van der Waals surface area contributed by atoms with Gasteiger partial charge in [0.05, 0.1) is 10.6 Å². The summed E-state index contributed by atoms with van der Waals surface area (Å²) in [6, 6.07) is 15.1. The number of carbonyl (C=O) groups is 1. The highest BCUT2D eigenvalue weighted by atomic mass is 16.6. The highest BCUT2D eigenvalue weighted by Gasteiger charge is 2.17. The molecule has 5 rings (SSSR count). The van der Waals surface area contributed by atoms with E-state index in [1.165, 1.54) is 23.2 Å². The Morgan fingerprint density at radius 1 is 1.03 bits per heavy atom. The van der Waals surface area contributed by atoms with E-state index in [9.17, 15) is 14.9 Å². The van der Waals surface area contributed by atoms with Crippen LogP contribution >= 0.6 is 0 Å². The molecule has 0 saturated heterocycles. The van der Waals surface area contributed by atoms with Gasteiger partial charge in [0, 0.05) is 42.5 Å². The standard InChI is InChI=1S/C23H21N7O3/c31-23(20-12-14-29(27-20)18-8-10-19(11-9-18)30(32)33)24-17-6-4-5-16(15-17)22-26-25-21-7-2-1-3-13-28(21)22/h4-6,8-12,14-15H,1-3,7,13H2,(H,24,31). The highest BCUT2D eigenvalue weighted by Crippen LogP contribution is 2.25. The van der Waals surface area contributed by atoms with Gasteiger partial charge in [-0.2, -0.15) is 5.10 Å². The first kappa shape index (κ1) is 20.6. The molecule has 1 aliphatic rings. The first-order valence-corrected chi connectivity index (χ1v) is 10.7. The quantitative estimate of drug-likeness (QED) is 0.367. The van der Waals surface area contributed by atoms with Crippen molar-refractivity contribution in [2.75, 3.05) is 5.32 Å². The Morgan fingerprint density at radius 2 is 1.88 bits per heavy atom. The molecule has 2 aromatic heterocycles. The van der Waals surface area contributed by atoms with Crippen LogP contribution in [0, 0.1) is 10.1 Å². The van der Waals surface area contributed by atoms with E-state index in [4.69, 9.17) is 0 Å². The second kappa shape index (κ2) is 8.65. The fourth-order valence-corrected chi connectivity index (χ4v) is 3.95. The van der Waals surface area contributed by atoms with Crippen LogP contribution in [0.15, 0.2) is 60.8 Å². The number of non-ortho nitro benzene ring substituents is 1. The Hall–Kier alpha value is -4.34. The second-order valence-electron chi connectivity index (χ2n) is 7.86. The lowest BCUT2D eigenvalue weighted by atomic mass is 10.2. The number of nitro benzene ring substituents is 1. The summed E-state index contributed by atoms with van der Waals surface area (Å²) < 4.78 is 3.67. The number of rotatable bonds is 5. The van der Waals surface area contributed by atoms with Crippen molar-refractivity contribution in [3.63, 3.8) is 0 Å². The molecule has 10 nitrogen and oxygen atoms in total. The molecule has 0 fully saturated rings. The van der Waals surface area contributed by atoms with E-state index in [1.54, 1.807) is 24.4 Å². The van der Waals surface area contributed by atoms with Crippen molar-refractivity contribution < 1.29 is 9.72 Å². The predicted molar refractivity (Wildman–Crippen MR) is 121 cm³/mol. The second-order valence-corrected chi connectivity index (χ2v) is 7.86. The van der Waals surface area contributed by atoms with Crippen molar-refractivity contribution in [2.45, 2.75) is 32.2 Å². The monoisotopic (exact) mass is 443 g/mol. The maximum absolute atomic E-state index is 12.8. The minimum atomic E-state index is -0.462. The molecule has 4 aromatic rings. The summed E-state index contributed by atoms with van der Waals surface area (Å²) in [4.78, 5) is 23.1. The molecule has 1 aliphatic heterocycles. The van der Waals surface area contributed by atoms with Gasteiger partial charge in [0.25, 0.3) is 11.6 Å². The number of aryl methyl sites for hydroxylation is 1. The molecule has 33 heavy (non-hydrogen) atoms. The Kier molecular flexibility index (Phi) is 5.39. The molecule has 1 amide bonds. The first-order valence-electron chi connectivity index (χ1n) is 10.7. The highest BCUT2D eigenvalue weighted by molar-refractivity contribution is 6.03. The average molecular weight is 443 g/mol. The molecule has 0 saturated carbocycles. The van der Waals surface area contributed by atoms with Crippen molar-refractivity contribution in [3.05, 3.63) is 82.4 Å². The Labute approximate surface area is 189 Å². The normalized spacial score (nSPS) is 13.2. The Balaban J connectivity index is 1.33. The Bertz CT molecular complexity index is 1320. The molecule has 10 heteroatoms. The molecular formula is C23H21N7O3. The lowest BCUT2D eigenvalue weighted by Gasteiger charge is -2.09. The number of hydrogen-bond acceptors (Lipinski definition) is 6. The molecule has 0 radical (unpaired) electrons. The van der Waals surface area contributed by atoms with Gasteiger partial charge in [-0.3, -0.25) is 14.9 Å². The lowest BCUT2D eigenvalue weighted by Crippen LogP contribution is -2.13. The number of nitrogens with zero attached hydrogens (tertiary/aromatic N) is 6. The van der Waals surface area contributed by atoms with Crippen LogP contribution in [-0.4, -0.2) is 35.4 Å². The molecule has 3 heterocycles. The molecule has 0 bridgehead atoms. The van der Waals surface area contributed by atoms with Crippen molar-refractivity contribution >= 4 is 17.3 Å². The molecular weight excluding hydrogens is 422 g/mol. The van der Waals surface area contributed by atoms with Gasteiger partial charge in [0.2, 0.25) is 0 Å². The minimum absolute atomic E-state index is 0.00619. The number of aromatic nitrogens is 5. The van der Waals surface area contributed by atoms with E-state index < -0.39 is 4.92 Å². The van der Waals surface area contributed by atoms with Gasteiger partial charge < -0.3 is 9.88 Å². The predicted octanol–water partition coefficient (Wildman–Crippen LogP) is 4.02. The summed E-state index contributed by atoms with van der Waals surface area (Å²) in [7, 11) is 0. The zero-order chi connectivity index (χ0) is 22.8. The van der Waals surface area contributed by atoms with E-state index in [0.29, 0.717) is 11.4 Å². The van der Waals surface area contributed by atoms with Gasteiger partial charge >= 0.3 is 0 Å². The van der Waals surface area contributed by atoms with Crippen LogP contribution in [0.5, 0.6) is 0 Å². The minimum Gasteiger partial charge on any atom is -0.321 e. The van der Waals surface area contributed by atoms with Crippen LogP contribution < -0.4 is 5.32 Å². The molecule has 2 aromatic carbocycles. The smallest absolute Gasteiger partial charge is 0.276 e. The van der Waals surface area contributed by atoms with Crippen molar-refractivity contribution in [3.8, 4) is 17.1 Å². The van der Waals surface area contributed by atoms with E-state index in [1.807, 2.05) is 24.3 Å². The van der Waals surface area contributed by atoms with Crippen LogP contribution in [0.25, 0.3) is 17.1 Å². The molecule has 0 atom stereocenters. The lowest BCUT2D eigenvalue weighted by molar-refractivity contribution is -0.384. The average Bonchev–Trinajstić information content (AvgIpc) is 3.41. The van der Waals surface area contributed by atoms with E-state index in [0.717, 1.165) is 43.0 Å². The third-order valence-electron chi connectivity index (χ3n) is 5.63. The van der Waals surface area contributed by atoms with Crippen LogP contribution in [0.2, 0.25) is 0 Å². The number of fused-ring (bicyclic) bond motifs is 1. The fourth-order valence-electron chi connectivity index (χ4n) is 3.95. The van der Waals surface area contributed by atoms with Crippen LogP contribution in [0.4, 0.5) is 11.4 Å². The number of amides is 1. The molecule has 0 spiro atoms. The first-order chi connectivity index (χ1) is 16.1. The third-order valence-corrected chi connectivity index (χ3v) is 5.63. The number of nitro groups is 1. The van der Waals surface area contributed by atoms with E-state index in [-0.39, 0.29) is 17.3 Å². The summed E-state index contributed by atoms with van der Waals surface area (Å²) in [5.74, 6) is 1.46. The van der Waals surface area contributed by atoms with Gasteiger partial charge in [0.15, 0.2) is 11.5 Å². The number of nitrogens with one attached hydrogen (secondary N) is 1. The van der Waals surface area contributed by atoms with Crippen LogP contribution in [-0.2, 0) is 13.0 Å². The van der Waals surface area contributed by atoms with Crippen molar-refractivity contribution in [1.29, 1.82) is 0 Å². The van der Waals surface area contributed by atoms with Crippen molar-refractivity contribution in [1.82, 2.24) is 24.5 Å². The van der Waals surface area contributed by atoms with Crippen LogP contribution in [0.3, 0.4) is 0 Å². The van der Waals surface area contributed by atoms with Crippen LogP contribution in [0.1, 0.15) is 35.6 Å². The summed E-state index contributed by atoms with van der Waals surface area (Å²) in [6.07, 6.45) is 5.98. The molecule has 166 valence electrons. The number of anilines is 1. The zero-order valence-corrected chi connectivity index (χ0v) is 17.7. The SMILES string of the molecule is O=C(Nc1cccc(-c2nnc3n2CCCCC3)c1)c1ccn(-c2ccc([N+](=O)[O-])cc2)n1. The van der Waals surface area contributed by atoms with Gasteiger partial charge in [-0.1, -0.05) is 18.6 Å². The summed E-state index contributed by atoms with van der Waals surface area (Å²) in [5.41, 5.74) is 2.37. The molecule has 0 unspecified atom stereocenters. The van der Waals surface area contributed by atoms with Crippen molar-refractivity contribution in [2.24, 2.45) is 0 Å². The van der Waals surface area contributed by atoms with Gasteiger partial charge in [-0.25, -0.2) is 4.68 Å². The maximum Gasteiger partial charge on any atom is 0.276 e. The van der Waals surface area contributed by atoms with E-state index >= 15 is 0 Å². The van der Waals surface area contributed by atoms with Gasteiger partial charge in [-0.05, 0) is 43.2 Å². The number of hydrogen-bond donors (Lipinski definition) is 1. The Morgan fingerprint density at radius 3 is 2.70 bits per heavy atom.